The third-order valence-electron chi connectivity index (χ3n) is 2.97. The van der Waals surface area contributed by atoms with Gasteiger partial charge in [-0.25, -0.2) is 0 Å². The molecule has 1 aromatic heterocycles. The minimum absolute atomic E-state index is 0.445. The van der Waals surface area contributed by atoms with Crippen LogP contribution in [0.15, 0.2) is 32.9 Å². The number of aliphatic hydroxyl groups excluding tert-OH is 3. The molecule has 0 aliphatic carbocycles. The number of hydrogen-bond donors (Lipinski definition) is 3. The Morgan fingerprint density at radius 3 is 2.81 bits per heavy atom. The number of pyridine rings is 1. The number of rotatable bonds is 4. The Bertz CT molecular complexity index is 545. The van der Waals surface area contributed by atoms with Crippen LogP contribution in [0.3, 0.4) is 0 Å². The summed E-state index contributed by atoms with van der Waals surface area (Å²) >= 11 is 4.46. The summed E-state index contributed by atoms with van der Waals surface area (Å²) in [6.45, 7) is -0.445. The van der Waals surface area contributed by atoms with E-state index in [9.17, 15) is 15.3 Å². The molecule has 0 radical (unpaired) electrons. The lowest BCUT2D eigenvalue weighted by atomic mass is 9.98. The molecule has 1 aromatic rings. The van der Waals surface area contributed by atoms with Crippen molar-refractivity contribution in [1.29, 1.82) is 0 Å². The molecule has 1 aliphatic rings. The molecule has 0 spiro atoms. The van der Waals surface area contributed by atoms with Gasteiger partial charge in [0.1, 0.15) is 17.6 Å². The minimum Gasteiger partial charge on any atom is -0.394 e. The van der Waals surface area contributed by atoms with Gasteiger partial charge in [-0.1, -0.05) is 16.9 Å². The molecule has 1 aliphatic heterocycles. The molecule has 2 heterocycles. The van der Waals surface area contributed by atoms with Gasteiger partial charge in [0, 0.05) is 26.7 Å². The summed E-state index contributed by atoms with van der Waals surface area (Å²) in [5.74, 6) is 0. The van der Waals surface area contributed by atoms with Crippen LogP contribution in [-0.2, 0) is 4.74 Å². The molecule has 0 bridgehead atoms. The van der Waals surface area contributed by atoms with Gasteiger partial charge in [0.2, 0.25) is 0 Å². The van der Waals surface area contributed by atoms with Crippen molar-refractivity contribution >= 4 is 27.7 Å². The number of aliphatic hydroxyl groups is 3. The number of aromatic nitrogens is 1. The number of azide groups is 1. The second-order valence-corrected chi connectivity index (χ2v) is 6.45. The summed E-state index contributed by atoms with van der Waals surface area (Å²) < 4.78 is 6.23. The molecule has 114 valence electrons. The fraction of sp³-hybridized carbons (Fsp3) is 0.545. The van der Waals surface area contributed by atoms with E-state index in [0.29, 0.717) is 0 Å². The van der Waals surface area contributed by atoms with Gasteiger partial charge in [-0.05, 0) is 27.5 Å². The standard InChI is InChI=1S/C11H13BrN4O4S/c12-5-1-6(3-14-2-5)21-11-10(19)8(15-16-13)9(18)7(4-17)20-11/h1-3,7-11,17-19H,4H2/t7-,8+,9+,10-,11-/m1/s1. The third-order valence-corrected chi connectivity index (χ3v) is 4.52. The van der Waals surface area contributed by atoms with Crippen molar-refractivity contribution in [3.8, 4) is 0 Å². The maximum atomic E-state index is 10.2. The topological polar surface area (TPSA) is 132 Å². The Kier molecular flexibility index (Phi) is 5.82. The van der Waals surface area contributed by atoms with E-state index in [2.05, 4.69) is 30.9 Å². The first-order valence-corrected chi connectivity index (χ1v) is 7.68. The van der Waals surface area contributed by atoms with Crippen LogP contribution in [-0.4, -0.2) is 56.7 Å². The highest BCUT2D eigenvalue weighted by Crippen LogP contribution is 2.34. The van der Waals surface area contributed by atoms with E-state index in [4.69, 9.17) is 10.3 Å². The first kappa shape index (κ1) is 16.5. The van der Waals surface area contributed by atoms with Crippen molar-refractivity contribution in [3.63, 3.8) is 0 Å². The number of hydrogen-bond acceptors (Lipinski definition) is 7. The molecule has 8 nitrogen and oxygen atoms in total. The van der Waals surface area contributed by atoms with E-state index < -0.39 is 36.4 Å². The van der Waals surface area contributed by atoms with Crippen LogP contribution in [0.25, 0.3) is 10.4 Å². The van der Waals surface area contributed by atoms with Crippen molar-refractivity contribution in [1.82, 2.24) is 4.98 Å². The van der Waals surface area contributed by atoms with E-state index >= 15 is 0 Å². The molecule has 0 saturated carbocycles. The summed E-state index contributed by atoms with van der Waals surface area (Å²) in [7, 11) is 0. The molecule has 2 rings (SSSR count). The molecule has 1 saturated heterocycles. The maximum absolute atomic E-state index is 10.2. The van der Waals surface area contributed by atoms with E-state index in [-0.39, 0.29) is 0 Å². The lowest BCUT2D eigenvalue weighted by molar-refractivity contribution is -0.159. The summed E-state index contributed by atoms with van der Waals surface area (Å²) in [4.78, 5) is 7.35. The van der Waals surface area contributed by atoms with Gasteiger partial charge in [0.25, 0.3) is 0 Å². The number of halogens is 1. The third kappa shape index (κ3) is 3.86. The first-order chi connectivity index (χ1) is 10.1. The van der Waals surface area contributed by atoms with Crippen LogP contribution in [0.4, 0.5) is 0 Å². The van der Waals surface area contributed by atoms with Crippen molar-refractivity contribution in [3.05, 3.63) is 33.4 Å². The van der Waals surface area contributed by atoms with Crippen LogP contribution >= 0.6 is 27.7 Å². The van der Waals surface area contributed by atoms with Crippen LogP contribution < -0.4 is 0 Å². The summed E-state index contributed by atoms with van der Waals surface area (Å²) in [6, 6.07) is 0.702. The average Bonchev–Trinajstić information content (AvgIpc) is 2.46. The van der Waals surface area contributed by atoms with Crippen molar-refractivity contribution < 1.29 is 20.1 Å². The van der Waals surface area contributed by atoms with Gasteiger partial charge >= 0.3 is 0 Å². The number of nitrogens with zero attached hydrogens (tertiary/aromatic N) is 4. The van der Waals surface area contributed by atoms with Gasteiger partial charge in [-0.2, -0.15) is 0 Å². The molecular weight excluding hydrogens is 364 g/mol. The molecule has 10 heteroatoms. The summed E-state index contributed by atoms with van der Waals surface area (Å²) in [6.07, 6.45) is -0.194. The monoisotopic (exact) mass is 376 g/mol. The minimum atomic E-state index is -1.27. The predicted molar refractivity (Wildman–Crippen MR) is 78.5 cm³/mol. The molecule has 3 N–H and O–H groups in total. The maximum Gasteiger partial charge on any atom is 0.134 e. The van der Waals surface area contributed by atoms with Gasteiger partial charge < -0.3 is 20.1 Å². The van der Waals surface area contributed by atoms with Crippen LogP contribution in [0.1, 0.15) is 0 Å². The number of ether oxygens (including phenoxy) is 1. The SMILES string of the molecule is [N-]=[N+]=N[C@@H]1[C@@H](O)[C@@H](Sc2cncc(Br)c2)O[C@H](CO)[C@@H]1O. The number of thioether (sulfide) groups is 1. The molecule has 0 amide bonds. The average molecular weight is 377 g/mol. The highest BCUT2D eigenvalue weighted by atomic mass is 79.9. The second-order valence-electron chi connectivity index (χ2n) is 4.36. The van der Waals surface area contributed by atoms with Crippen molar-refractivity contribution in [2.75, 3.05) is 6.61 Å². The van der Waals surface area contributed by atoms with Crippen molar-refractivity contribution in [2.45, 2.75) is 34.7 Å². The fourth-order valence-electron chi connectivity index (χ4n) is 1.95. The van der Waals surface area contributed by atoms with Crippen molar-refractivity contribution in [2.24, 2.45) is 5.11 Å². The largest absolute Gasteiger partial charge is 0.394 e. The van der Waals surface area contributed by atoms with E-state index in [1.54, 1.807) is 18.5 Å². The molecule has 0 aromatic carbocycles. The Hall–Kier alpha value is -0.870. The van der Waals surface area contributed by atoms with Crippen LogP contribution in [0.2, 0.25) is 0 Å². The van der Waals surface area contributed by atoms with Gasteiger partial charge in [0.15, 0.2) is 0 Å². The molecule has 21 heavy (non-hydrogen) atoms. The zero-order valence-electron chi connectivity index (χ0n) is 10.7. The van der Waals surface area contributed by atoms with E-state index in [0.717, 1.165) is 9.37 Å². The zero-order valence-corrected chi connectivity index (χ0v) is 13.1. The summed E-state index contributed by atoms with van der Waals surface area (Å²) in [5, 5.41) is 32.7. The lowest BCUT2D eigenvalue weighted by Gasteiger charge is -2.40. The predicted octanol–water partition coefficient (Wildman–Crippen LogP) is 1.05. The summed E-state index contributed by atoms with van der Waals surface area (Å²) in [5.41, 5.74) is 7.74. The highest BCUT2D eigenvalue weighted by molar-refractivity contribution is 9.10. The van der Waals surface area contributed by atoms with E-state index in [1.165, 1.54) is 11.8 Å². The van der Waals surface area contributed by atoms with Gasteiger partial charge in [-0.15, -0.1) is 0 Å². The Morgan fingerprint density at radius 2 is 2.19 bits per heavy atom. The highest BCUT2D eigenvalue weighted by Gasteiger charge is 2.44. The van der Waals surface area contributed by atoms with Crippen LogP contribution in [0.5, 0.6) is 0 Å². The van der Waals surface area contributed by atoms with Gasteiger partial charge in [-0.3, -0.25) is 4.98 Å². The molecule has 1 fully saturated rings. The Morgan fingerprint density at radius 1 is 1.43 bits per heavy atom. The Labute approximate surface area is 132 Å². The molecule has 0 unspecified atom stereocenters. The lowest BCUT2D eigenvalue weighted by Crippen LogP contribution is -2.56. The molecule has 5 atom stereocenters. The van der Waals surface area contributed by atoms with Crippen LogP contribution in [0, 0.1) is 0 Å². The Balaban J connectivity index is 2.19. The van der Waals surface area contributed by atoms with E-state index in [1.807, 2.05) is 0 Å². The fourth-order valence-corrected chi connectivity index (χ4v) is 3.55. The molecular formula is C11H13BrN4O4S. The second kappa shape index (κ2) is 7.41. The zero-order chi connectivity index (χ0) is 15.4. The van der Waals surface area contributed by atoms with Gasteiger partial charge in [0.05, 0.1) is 18.8 Å². The quantitative estimate of drug-likeness (QED) is 0.408. The first-order valence-electron chi connectivity index (χ1n) is 6.00. The normalized spacial score (nSPS) is 32.5. The smallest absolute Gasteiger partial charge is 0.134 e.